The second kappa shape index (κ2) is 7.22. The lowest BCUT2D eigenvalue weighted by Crippen LogP contribution is -2.44. The summed E-state index contributed by atoms with van der Waals surface area (Å²) in [5.41, 5.74) is 0. The van der Waals surface area contributed by atoms with E-state index in [1.165, 1.54) is 0 Å². The van der Waals surface area contributed by atoms with E-state index in [1.54, 1.807) is 0 Å². The maximum Gasteiger partial charge on any atom is 0.321 e. The van der Waals surface area contributed by atoms with Crippen LogP contribution < -0.4 is 10.6 Å². The number of carbonyl (C=O) groups excluding carboxylic acids is 2. The summed E-state index contributed by atoms with van der Waals surface area (Å²) in [5, 5.41) is 4.99. The monoisotopic (exact) mass is 227 g/mol. The number of hydrogen-bond acceptors (Lipinski definition) is 3. The molecule has 1 aliphatic rings. The summed E-state index contributed by atoms with van der Waals surface area (Å²) in [6, 6.07) is -0.377. The van der Waals surface area contributed by atoms with Crippen molar-refractivity contribution >= 4 is 11.9 Å². The molecule has 0 bridgehead atoms. The lowest BCUT2D eigenvalue weighted by molar-refractivity contribution is -0.120. The zero-order chi connectivity index (χ0) is 11.8. The summed E-state index contributed by atoms with van der Waals surface area (Å²) in [4.78, 5) is 24.7. The molecule has 1 fully saturated rings. The van der Waals surface area contributed by atoms with Gasteiger partial charge in [-0.25, -0.2) is 4.79 Å². The number of urea groups is 1. The Bertz CT molecular complexity index is 237. The molecule has 0 aromatic heterocycles. The lowest BCUT2D eigenvalue weighted by atomic mass is 10.3. The summed E-state index contributed by atoms with van der Waals surface area (Å²) < 4.78 is 0. The molecule has 0 saturated carbocycles. The zero-order valence-corrected chi connectivity index (χ0v) is 9.92. The molecule has 1 saturated heterocycles. The first kappa shape index (κ1) is 13.0. The summed E-state index contributed by atoms with van der Waals surface area (Å²) in [5.74, 6) is -0.212. The van der Waals surface area contributed by atoms with Gasteiger partial charge in [0.1, 0.15) is 0 Å². The Labute approximate surface area is 96.6 Å². The van der Waals surface area contributed by atoms with Gasteiger partial charge in [-0.3, -0.25) is 15.0 Å². The average Bonchev–Trinajstić information content (AvgIpc) is 2.70. The van der Waals surface area contributed by atoms with Gasteiger partial charge in [-0.05, 0) is 32.4 Å². The molecule has 0 aliphatic carbocycles. The van der Waals surface area contributed by atoms with E-state index >= 15 is 0 Å². The van der Waals surface area contributed by atoms with Gasteiger partial charge in [0.15, 0.2) is 0 Å². The standard InChI is InChI=1S/C11H21N3O2/c1-2-3-6-12-11(16)13-10(15)9-14-7-4-5-8-14/h2-9H2,1H3,(H2,12,13,15,16). The van der Waals surface area contributed by atoms with Crippen LogP contribution in [0.5, 0.6) is 0 Å². The van der Waals surface area contributed by atoms with Crippen LogP contribution in [-0.2, 0) is 4.79 Å². The van der Waals surface area contributed by atoms with Gasteiger partial charge < -0.3 is 5.32 Å². The van der Waals surface area contributed by atoms with Gasteiger partial charge in [-0.15, -0.1) is 0 Å². The minimum atomic E-state index is -0.377. The van der Waals surface area contributed by atoms with Crippen molar-refractivity contribution in [3.63, 3.8) is 0 Å². The first-order valence-electron chi connectivity index (χ1n) is 6.02. The summed E-state index contributed by atoms with van der Waals surface area (Å²) >= 11 is 0. The minimum Gasteiger partial charge on any atom is -0.338 e. The normalized spacial score (nSPS) is 16.1. The first-order chi connectivity index (χ1) is 7.72. The van der Waals surface area contributed by atoms with Crippen LogP contribution in [0.15, 0.2) is 0 Å². The average molecular weight is 227 g/mol. The quantitative estimate of drug-likeness (QED) is 0.680. The molecule has 1 rings (SSSR count). The van der Waals surface area contributed by atoms with E-state index in [1.807, 2.05) is 0 Å². The van der Waals surface area contributed by atoms with Gasteiger partial charge in [0.05, 0.1) is 6.54 Å². The van der Waals surface area contributed by atoms with Crippen LogP contribution in [0, 0.1) is 0 Å². The number of carbonyl (C=O) groups is 2. The molecule has 0 spiro atoms. The first-order valence-corrected chi connectivity index (χ1v) is 6.02. The molecule has 1 aliphatic heterocycles. The Morgan fingerprint density at radius 2 is 1.94 bits per heavy atom. The van der Waals surface area contributed by atoms with E-state index in [0.29, 0.717) is 13.1 Å². The number of hydrogen-bond donors (Lipinski definition) is 2. The number of likely N-dealkylation sites (tertiary alicyclic amines) is 1. The molecular weight excluding hydrogens is 206 g/mol. The number of nitrogens with zero attached hydrogens (tertiary/aromatic N) is 1. The van der Waals surface area contributed by atoms with Gasteiger partial charge in [0, 0.05) is 6.54 Å². The Morgan fingerprint density at radius 3 is 2.56 bits per heavy atom. The molecule has 0 aromatic rings. The smallest absolute Gasteiger partial charge is 0.321 e. The second-order valence-electron chi connectivity index (χ2n) is 4.14. The third kappa shape index (κ3) is 5.11. The van der Waals surface area contributed by atoms with Gasteiger partial charge >= 0.3 is 6.03 Å². The van der Waals surface area contributed by atoms with E-state index in [-0.39, 0.29) is 11.9 Å². The van der Waals surface area contributed by atoms with Crippen molar-refractivity contribution in [2.24, 2.45) is 0 Å². The molecule has 3 amide bonds. The van der Waals surface area contributed by atoms with Crippen LogP contribution in [-0.4, -0.2) is 43.0 Å². The highest BCUT2D eigenvalue weighted by molar-refractivity contribution is 5.95. The van der Waals surface area contributed by atoms with Crippen molar-refractivity contribution in [3.8, 4) is 0 Å². The molecule has 0 unspecified atom stereocenters. The molecule has 0 atom stereocenters. The van der Waals surface area contributed by atoms with Crippen LogP contribution in [0.4, 0.5) is 4.79 Å². The maximum atomic E-state index is 11.4. The molecule has 5 nitrogen and oxygen atoms in total. The Hall–Kier alpha value is -1.10. The third-order valence-corrected chi connectivity index (χ3v) is 2.63. The minimum absolute atomic E-state index is 0.212. The number of unbranched alkanes of at least 4 members (excludes halogenated alkanes) is 1. The molecule has 92 valence electrons. The van der Waals surface area contributed by atoms with E-state index < -0.39 is 0 Å². The zero-order valence-electron chi connectivity index (χ0n) is 9.92. The maximum absolute atomic E-state index is 11.4. The number of imide groups is 1. The van der Waals surface area contributed by atoms with Gasteiger partial charge in [0.2, 0.25) is 5.91 Å². The van der Waals surface area contributed by atoms with Crippen molar-refractivity contribution in [1.82, 2.24) is 15.5 Å². The van der Waals surface area contributed by atoms with E-state index in [9.17, 15) is 9.59 Å². The second-order valence-corrected chi connectivity index (χ2v) is 4.14. The molecule has 1 heterocycles. The van der Waals surface area contributed by atoms with Gasteiger partial charge in [0.25, 0.3) is 0 Å². The van der Waals surface area contributed by atoms with Crippen LogP contribution in [0.1, 0.15) is 32.6 Å². The van der Waals surface area contributed by atoms with Crippen LogP contribution in [0.25, 0.3) is 0 Å². The van der Waals surface area contributed by atoms with Crippen molar-refractivity contribution in [1.29, 1.82) is 0 Å². The van der Waals surface area contributed by atoms with Crippen LogP contribution in [0.3, 0.4) is 0 Å². The fraction of sp³-hybridized carbons (Fsp3) is 0.818. The van der Waals surface area contributed by atoms with Crippen molar-refractivity contribution in [2.45, 2.75) is 32.6 Å². The fourth-order valence-electron chi connectivity index (χ4n) is 1.73. The largest absolute Gasteiger partial charge is 0.338 e. The molecule has 5 heteroatoms. The van der Waals surface area contributed by atoms with Crippen molar-refractivity contribution in [3.05, 3.63) is 0 Å². The number of amides is 3. The van der Waals surface area contributed by atoms with Crippen LogP contribution >= 0.6 is 0 Å². The molecular formula is C11H21N3O2. The number of rotatable bonds is 5. The summed E-state index contributed by atoms with van der Waals surface area (Å²) in [7, 11) is 0. The van der Waals surface area contributed by atoms with E-state index in [2.05, 4.69) is 22.5 Å². The molecule has 0 aromatic carbocycles. The summed E-state index contributed by atoms with van der Waals surface area (Å²) in [6.45, 7) is 4.94. The Kier molecular flexibility index (Phi) is 5.85. The predicted octanol–water partition coefficient (Wildman–Crippen LogP) is 0.708. The highest BCUT2D eigenvalue weighted by Crippen LogP contribution is 2.05. The Balaban J connectivity index is 2.10. The summed E-state index contributed by atoms with van der Waals surface area (Å²) in [6.07, 6.45) is 4.27. The lowest BCUT2D eigenvalue weighted by Gasteiger charge is -2.13. The van der Waals surface area contributed by atoms with Crippen LogP contribution in [0.2, 0.25) is 0 Å². The SMILES string of the molecule is CCCCNC(=O)NC(=O)CN1CCCC1. The van der Waals surface area contributed by atoms with E-state index in [4.69, 9.17) is 0 Å². The topological polar surface area (TPSA) is 61.4 Å². The molecule has 16 heavy (non-hydrogen) atoms. The molecule has 2 N–H and O–H groups in total. The highest BCUT2D eigenvalue weighted by atomic mass is 16.2. The van der Waals surface area contributed by atoms with Gasteiger partial charge in [-0.2, -0.15) is 0 Å². The van der Waals surface area contributed by atoms with E-state index in [0.717, 1.165) is 38.8 Å². The molecule has 0 radical (unpaired) electrons. The Morgan fingerprint density at radius 1 is 1.25 bits per heavy atom. The van der Waals surface area contributed by atoms with Crippen molar-refractivity contribution < 1.29 is 9.59 Å². The number of nitrogens with one attached hydrogen (secondary N) is 2. The third-order valence-electron chi connectivity index (χ3n) is 2.63. The fourth-order valence-corrected chi connectivity index (χ4v) is 1.73. The predicted molar refractivity (Wildman–Crippen MR) is 62.1 cm³/mol. The van der Waals surface area contributed by atoms with Gasteiger partial charge in [-0.1, -0.05) is 13.3 Å². The van der Waals surface area contributed by atoms with Crippen molar-refractivity contribution in [2.75, 3.05) is 26.2 Å². The highest BCUT2D eigenvalue weighted by Gasteiger charge is 2.16.